The summed E-state index contributed by atoms with van der Waals surface area (Å²) in [5.74, 6) is 0.742. The summed E-state index contributed by atoms with van der Waals surface area (Å²) in [5.41, 5.74) is 2.68. The van der Waals surface area contributed by atoms with Gasteiger partial charge in [0.2, 0.25) is 5.91 Å². The average molecular weight is 381 g/mol. The molecule has 1 saturated heterocycles. The van der Waals surface area contributed by atoms with Gasteiger partial charge in [-0.05, 0) is 31.9 Å². The Morgan fingerprint density at radius 2 is 2.04 bits per heavy atom. The van der Waals surface area contributed by atoms with Gasteiger partial charge in [-0.15, -0.1) is 0 Å². The van der Waals surface area contributed by atoms with E-state index in [4.69, 9.17) is 0 Å². The zero-order valence-corrected chi connectivity index (χ0v) is 16.1. The molecule has 0 aliphatic carbocycles. The van der Waals surface area contributed by atoms with Crippen molar-refractivity contribution in [3.8, 4) is 0 Å². The summed E-state index contributed by atoms with van der Waals surface area (Å²) in [5, 5.41) is 2.88. The van der Waals surface area contributed by atoms with Gasteiger partial charge in [-0.1, -0.05) is 0 Å². The van der Waals surface area contributed by atoms with Crippen LogP contribution in [-0.2, 0) is 11.2 Å². The SMILES string of the molecule is Cc1cc(=O)n2[nH]c(CC(=O)N3CCCN(c4ccncc4C)CC3)nc2n1. The standard InChI is InChI=1S/C19H23N7O2/c1-13-12-20-5-4-15(13)24-6-3-7-25(9-8-24)17(27)11-16-22-19-21-14(2)10-18(28)26(19)23-16/h4-5,10,12H,3,6-9,11H2,1-2H3,(H,21,22,23). The third-order valence-electron chi connectivity index (χ3n) is 5.00. The summed E-state index contributed by atoms with van der Waals surface area (Å²) >= 11 is 0. The van der Waals surface area contributed by atoms with Crippen LogP contribution in [0.15, 0.2) is 29.3 Å². The Morgan fingerprint density at radius 3 is 2.86 bits per heavy atom. The molecule has 0 unspecified atom stereocenters. The number of rotatable bonds is 3. The first-order valence-corrected chi connectivity index (χ1v) is 9.40. The number of aromatic amines is 1. The van der Waals surface area contributed by atoms with Gasteiger partial charge in [0.15, 0.2) is 0 Å². The Hall–Kier alpha value is -3.23. The highest BCUT2D eigenvalue weighted by Crippen LogP contribution is 2.20. The Kier molecular flexibility index (Phi) is 4.81. The second-order valence-electron chi connectivity index (χ2n) is 7.10. The minimum atomic E-state index is -0.230. The molecule has 146 valence electrons. The van der Waals surface area contributed by atoms with Crippen molar-refractivity contribution in [2.24, 2.45) is 0 Å². The number of hydrogen-bond acceptors (Lipinski definition) is 6. The number of aromatic nitrogens is 5. The van der Waals surface area contributed by atoms with Gasteiger partial charge >= 0.3 is 0 Å². The van der Waals surface area contributed by atoms with E-state index in [0.717, 1.165) is 25.1 Å². The first-order valence-electron chi connectivity index (χ1n) is 9.40. The highest BCUT2D eigenvalue weighted by atomic mass is 16.2. The minimum absolute atomic E-state index is 0.00266. The molecule has 4 heterocycles. The van der Waals surface area contributed by atoms with Crippen molar-refractivity contribution in [1.82, 2.24) is 29.5 Å². The number of nitrogens with one attached hydrogen (secondary N) is 1. The number of aryl methyl sites for hydroxylation is 2. The van der Waals surface area contributed by atoms with Gasteiger partial charge in [0.25, 0.3) is 11.3 Å². The third kappa shape index (κ3) is 3.60. The average Bonchev–Trinajstić information content (AvgIpc) is 2.90. The Morgan fingerprint density at radius 1 is 1.18 bits per heavy atom. The van der Waals surface area contributed by atoms with E-state index in [1.165, 1.54) is 16.3 Å². The third-order valence-corrected chi connectivity index (χ3v) is 5.00. The van der Waals surface area contributed by atoms with E-state index in [2.05, 4.69) is 31.9 Å². The molecule has 1 aliphatic rings. The molecule has 1 fully saturated rings. The van der Waals surface area contributed by atoms with E-state index in [1.54, 1.807) is 13.1 Å². The molecule has 28 heavy (non-hydrogen) atoms. The second kappa shape index (κ2) is 7.41. The smallest absolute Gasteiger partial charge is 0.274 e. The molecule has 9 nitrogen and oxygen atoms in total. The summed E-state index contributed by atoms with van der Waals surface area (Å²) in [6.45, 7) is 6.83. The fraction of sp³-hybridized carbons (Fsp3) is 0.421. The Bertz CT molecular complexity index is 1070. The molecule has 1 aliphatic heterocycles. The number of H-pyrrole nitrogens is 1. The largest absolute Gasteiger partial charge is 0.369 e. The lowest BCUT2D eigenvalue weighted by Crippen LogP contribution is -2.36. The number of anilines is 1. The Labute approximate surface area is 162 Å². The molecule has 0 aromatic carbocycles. The van der Waals surface area contributed by atoms with Gasteiger partial charge in [0.1, 0.15) is 5.82 Å². The highest BCUT2D eigenvalue weighted by Gasteiger charge is 2.21. The molecule has 0 radical (unpaired) electrons. The monoisotopic (exact) mass is 381 g/mol. The number of carbonyl (C=O) groups is 1. The fourth-order valence-corrected chi connectivity index (χ4v) is 3.60. The van der Waals surface area contributed by atoms with Crippen molar-refractivity contribution in [1.29, 1.82) is 0 Å². The van der Waals surface area contributed by atoms with Crippen LogP contribution in [0.2, 0.25) is 0 Å². The van der Waals surface area contributed by atoms with E-state index in [-0.39, 0.29) is 17.9 Å². The molecule has 3 aromatic rings. The van der Waals surface area contributed by atoms with Gasteiger partial charge < -0.3 is 9.80 Å². The minimum Gasteiger partial charge on any atom is -0.369 e. The summed E-state index contributed by atoms with van der Waals surface area (Å²) < 4.78 is 1.27. The fourth-order valence-electron chi connectivity index (χ4n) is 3.60. The van der Waals surface area contributed by atoms with Gasteiger partial charge in [-0.3, -0.25) is 19.7 Å². The quantitative estimate of drug-likeness (QED) is 0.717. The molecule has 1 amide bonds. The predicted molar refractivity (Wildman–Crippen MR) is 104 cm³/mol. The molecule has 4 rings (SSSR count). The van der Waals surface area contributed by atoms with E-state index < -0.39 is 0 Å². The van der Waals surface area contributed by atoms with Crippen LogP contribution in [0, 0.1) is 13.8 Å². The topological polar surface area (TPSA) is 99.5 Å². The summed E-state index contributed by atoms with van der Waals surface area (Å²) in [4.78, 5) is 41.6. The maximum Gasteiger partial charge on any atom is 0.274 e. The van der Waals surface area contributed by atoms with Gasteiger partial charge in [-0.25, -0.2) is 4.98 Å². The molecular formula is C19H23N7O2. The maximum atomic E-state index is 12.8. The lowest BCUT2D eigenvalue weighted by atomic mass is 10.2. The zero-order valence-electron chi connectivity index (χ0n) is 16.1. The predicted octanol–water partition coefficient (Wildman–Crippen LogP) is 0.711. The maximum absolute atomic E-state index is 12.8. The number of fused-ring (bicyclic) bond motifs is 1. The highest BCUT2D eigenvalue weighted by molar-refractivity contribution is 5.78. The van der Waals surface area contributed by atoms with Crippen LogP contribution in [0.25, 0.3) is 5.78 Å². The van der Waals surface area contributed by atoms with Crippen LogP contribution >= 0.6 is 0 Å². The van der Waals surface area contributed by atoms with Crippen molar-refractivity contribution in [2.45, 2.75) is 26.7 Å². The normalized spacial score (nSPS) is 15.1. The summed E-state index contributed by atoms with van der Waals surface area (Å²) in [7, 11) is 0. The van der Waals surface area contributed by atoms with Crippen molar-refractivity contribution in [3.05, 3.63) is 52.0 Å². The zero-order chi connectivity index (χ0) is 19.7. The van der Waals surface area contributed by atoms with Crippen LogP contribution in [0.1, 0.15) is 23.5 Å². The van der Waals surface area contributed by atoms with E-state index >= 15 is 0 Å². The number of hydrogen-bond donors (Lipinski definition) is 1. The lowest BCUT2D eigenvalue weighted by molar-refractivity contribution is -0.130. The van der Waals surface area contributed by atoms with Crippen LogP contribution in [0.3, 0.4) is 0 Å². The first-order chi connectivity index (χ1) is 13.5. The van der Waals surface area contributed by atoms with E-state index in [0.29, 0.717) is 30.4 Å². The molecular weight excluding hydrogens is 358 g/mol. The number of pyridine rings is 1. The molecule has 1 N–H and O–H groups in total. The van der Waals surface area contributed by atoms with Crippen molar-refractivity contribution < 1.29 is 4.79 Å². The first kappa shape index (κ1) is 18.1. The summed E-state index contributed by atoms with van der Waals surface area (Å²) in [6.07, 6.45) is 4.68. The van der Waals surface area contributed by atoms with E-state index in [1.807, 2.05) is 17.2 Å². The van der Waals surface area contributed by atoms with Crippen molar-refractivity contribution in [2.75, 3.05) is 31.1 Å². The Balaban J connectivity index is 1.45. The molecule has 0 bridgehead atoms. The lowest BCUT2D eigenvalue weighted by Gasteiger charge is -2.24. The van der Waals surface area contributed by atoms with Gasteiger partial charge in [-0.2, -0.15) is 9.50 Å². The van der Waals surface area contributed by atoms with Crippen LogP contribution < -0.4 is 10.5 Å². The van der Waals surface area contributed by atoms with Crippen molar-refractivity contribution in [3.63, 3.8) is 0 Å². The number of carbonyl (C=O) groups excluding carboxylic acids is 1. The molecule has 3 aromatic heterocycles. The molecule has 0 saturated carbocycles. The molecule has 9 heteroatoms. The van der Waals surface area contributed by atoms with Crippen molar-refractivity contribution >= 4 is 17.4 Å². The summed E-state index contributed by atoms with van der Waals surface area (Å²) in [6, 6.07) is 3.45. The second-order valence-corrected chi connectivity index (χ2v) is 7.10. The van der Waals surface area contributed by atoms with Crippen LogP contribution in [0.4, 0.5) is 5.69 Å². The van der Waals surface area contributed by atoms with E-state index in [9.17, 15) is 9.59 Å². The number of amides is 1. The molecule has 0 spiro atoms. The van der Waals surface area contributed by atoms with Crippen LogP contribution in [-0.4, -0.2) is 61.6 Å². The van der Waals surface area contributed by atoms with Crippen LogP contribution in [0.5, 0.6) is 0 Å². The van der Waals surface area contributed by atoms with Gasteiger partial charge in [0.05, 0.1) is 6.42 Å². The van der Waals surface area contributed by atoms with Gasteiger partial charge in [0, 0.05) is 56.0 Å². The molecule has 0 atom stereocenters. The number of nitrogens with zero attached hydrogens (tertiary/aromatic N) is 6.